The predicted octanol–water partition coefficient (Wildman–Crippen LogP) is 3.00. The van der Waals surface area contributed by atoms with Crippen LogP contribution in [0.2, 0.25) is 5.02 Å². The van der Waals surface area contributed by atoms with Gasteiger partial charge in [0.05, 0.1) is 12.7 Å². The Bertz CT molecular complexity index is 536. The molecule has 0 aliphatic carbocycles. The second-order valence-electron chi connectivity index (χ2n) is 7.21. The summed E-state index contributed by atoms with van der Waals surface area (Å²) in [7, 11) is 0. The maximum atomic E-state index is 12.1. The van der Waals surface area contributed by atoms with Gasteiger partial charge in [-0.25, -0.2) is 0 Å². The molecule has 0 spiro atoms. The van der Waals surface area contributed by atoms with Crippen molar-refractivity contribution in [1.29, 1.82) is 0 Å². The van der Waals surface area contributed by atoms with Gasteiger partial charge in [0.15, 0.2) is 0 Å². The van der Waals surface area contributed by atoms with Crippen molar-refractivity contribution in [3.05, 3.63) is 29.3 Å². The fraction of sp³-hybridized carbons (Fsp3) is 0.632. The fourth-order valence-electron chi connectivity index (χ4n) is 3.01. The lowest BCUT2D eigenvalue weighted by atomic mass is 10.1. The highest BCUT2D eigenvalue weighted by Crippen LogP contribution is 2.14. The van der Waals surface area contributed by atoms with E-state index in [0.717, 1.165) is 38.5 Å². The Labute approximate surface area is 156 Å². The molecular weight excluding hydrogens is 338 g/mol. The van der Waals surface area contributed by atoms with Crippen LogP contribution in [-0.2, 0) is 9.53 Å². The lowest BCUT2D eigenvalue weighted by Crippen LogP contribution is -2.49. The van der Waals surface area contributed by atoms with Crippen molar-refractivity contribution in [2.75, 3.05) is 38.1 Å². The molecule has 2 atom stereocenters. The molecule has 1 aromatic carbocycles. The molecule has 2 rings (SSSR count). The van der Waals surface area contributed by atoms with E-state index < -0.39 is 0 Å². The van der Waals surface area contributed by atoms with Gasteiger partial charge in [-0.3, -0.25) is 9.69 Å². The Morgan fingerprint density at radius 1 is 1.32 bits per heavy atom. The fourth-order valence-corrected chi connectivity index (χ4v) is 3.14. The summed E-state index contributed by atoms with van der Waals surface area (Å²) < 4.78 is 5.83. The molecule has 0 bridgehead atoms. The highest BCUT2D eigenvalue weighted by molar-refractivity contribution is 6.30. The number of morpholine rings is 1. The zero-order chi connectivity index (χ0) is 18.2. The van der Waals surface area contributed by atoms with Gasteiger partial charge in [-0.1, -0.05) is 25.4 Å². The first-order chi connectivity index (χ1) is 11.9. The molecular formula is C19H30ClN3O2. The molecule has 1 fully saturated rings. The zero-order valence-electron chi connectivity index (χ0n) is 15.4. The van der Waals surface area contributed by atoms with Crippen molar-refractivity contribution in [3.8, 4) is 0 Å². The maximum absolute atomic E-state index is 12.1. The summed E-state index contributed by atoms with van der Waals surface area (Å²) in [6, 6.07) is 7.23. The Hall–Kier alpha value is -1.14. The molecule has 1 aliphatic rings. The van der Waals surface area contributed by atoms with Gasteiger partial charge in [-0.2, -0.15) is 0 Å². The molecule has 5 nitrogen and oxygen atoms in total. The van der Waals surface area contributed by atoms with Gasteiger partial charge in [0.1, 0.15) is 0 Å². The SMILES string of the molecule is CC(C)CN1CCO[C@@H](CN[C@H](C)CC(=O)Nc2ccc(Cl)cc2)C1. The number of nitrogens with one attached hydrogen (secondary N) is 2. The third kappa shape index (κ3) is 7.74. The number of carbonyl (C=O) groups is 1. The summed E-state index contributed by atoms with van der Waals surface area (Å²) in [6.45, 7) is 11.1. The molecule has 0 unspecified atom stereocenters. The first kappa shape index (κ1) is 20.2. The average molecular weight is 368 g/mol. The summed E-state index contributed by atoms with van der Waals surface area (Å²) in [6.07, 6.45) is 0.611. The van der Waals surface area contributed by atoms with Crippen molar-refractivity contribution in [2.45, 2.75) is 39.3 Å². The highest BCUT2D eigenvalue weighted by atomic mass is 35.5. The van der Waals surface area contributed by atoms with E-state index in [0.29, 0.717) is 17.4 Å². The lowest BCUT2D eigenvalue weighted by molar-refractivity contribution is -0.116. The normalized spacial score (nSPS) is 19.8. The molecule has 0 aromatic heterocycles. The number of benzene rings is 1. The van der Waals surface area contributed by atoms with Gasteiger partial charge in [0.2, 0.25) is 5.91 Å². The first-order valence-electron chi connectivity index (χ1n) is 9.05. The van der Waals surface area contributed by atoms with Crippen LogP contribution in [0.3, 0.4) is 0 Å². The predicted molar refractivity (Wildman–Crippen MR) is 103 cm³/mol. The summed E-state index contributed by atoms with van der Waals surface area (Å²) in [5.41, 5.74) is 0.765. The number of halogens is 1. The standard InChI is InChI=1S/C19H30ClN3O2/c1-14(2)12-23-8-9-25-18(13-23)11-21-15(3)10-19(24)22-17-6-4-16(20)5-7-17/h4-7,14-15,18,21H,8-13H2,1-3H3,(H,22,24)/t15-,18+/m1/s1. The van der Waals surface area contributed by atoms with Crippen LogP contribution in [0, 0.1) is 5.92 Å². The number of rotatable bonds is 8. The molecule has 0 saturated carbocycles. The van der Waals surface area contributed by atoms with Crippen LogP contribution < -0.4 is 10.6 Å². The van der Waals surface area contributed by atoms with Crippen molar-refractivity contribution in [1.82, 2.24) is 10.2 Å². The van der Waals surface area contributed by atoms with Crippen LogP contribution >= 0.6 is 11.6 Å². The number of carbonyl (C=O) groups excluding carboxylic acids is 1. The minimum atomic E-state index is -0.00619. The molecule has 0 radical (unpaired) electrons. The van der Waals surface area contributed by atoms with Crippen LogP contribution in [0.25, 0.3) is 0 Å². The molecule has 140 valence electrons. The molecule has 25 heavy (non-hydrogen) atoms. The first-order valence-corrected chi connectivity index (χ1v) is 9.43. The molecule has 1 saturated heterocycles. The third-order valence-corrected chi connectivity index (χ3v) is 4.41. The van der Waals surface area contributed by atoms with Crippen molar-refractivity contribution in [3.63, 3.8) is 0 Å². The van der Waals surface area contributed by atoms with E-state index in [9.17, 15) is 4.79 Å². The van der Waals surface area contributed by atoms with E-state index in [1.165, 1.54) is 0 Å². The summed E-state index contributed by atoms with van der Waals surface area (Å²) >= 11 is 5.85. The number of anilines is 1. The van der Waals surface area contributed by atoms with E-state index >= 15 is 0 Å². The lowest BCUT2D eigenvalue weighted by Gasteiger charge is -2.34. The summed E-state index contributed by atoms with van der Waals surface area (Å²) in [4.78, 5) is 14.6. The molecule has 1 amide bonds. The second-order valence-corrected chi connectivity index (χ2v) is 7.65. The van der Waals surface area contributed by atoms with Crippen LogP contribution in [0.15, 0.2) is 24.3 Å². The number of hydrogen-bond acceptors (Lipinski definition) is 4. The van der Waals surface area contributed by atoms with Gasteiger partial charge < -0.3 is 15.4 Å². The smallest absolute Gasteiger partial charge is 0.225 e. The van der Waals surface area contributed by atoms with E-state index in [4.69, 9.17) is 16.3 Å². The van der Waals surface area contributed by atoms with Crippen molar-refractivity contribution >= 4 is 23.2 Å². The highest BCUT2D eigenvalue weighted by Gasteiger charge is 2.21. The van der Waals surface area contributed by atoms with Crippen LogP contribution in [-0.4, -0.2) is 55.7 Å². The van der Waals surface area contributed by atoms with Gasteiger partial charge in [0.25, 0.3) is 0 Å². The van der Waals surface area contributed by atoms with Crippen molar-refractivity contribution < 1.29 is 9.53 Å². The number of ether oxygens (including phenoxy) is 1. The molecule has 2 N–H and O–H groups in total. The van der Waals surface area contributed by atoms with Crippen LogP contribution in [0.4, 0.5) is 5.69 Å². The summed E-state index contributed by atoms with van der Waals surface area (Å²) in [5, 5.41) is 6.97. The molecule has 6 heteroatoms. The van der Waals surface area contributed by atoms with Crippen LogP contribution in [0.5, 0.6) is 0 Å². The molecule has 1 heterocycles. The topological polar surface area (TPSA) is 53.6 Å². The van der Waals surface area contributed by atoms with Crippen LogP contribution in [0.1, 0.15) is 27.2 Å². The average Bonchev–Trinajstić information content (AvgIpc) is 2.55. The Morgan fingerprint density at radius 3 is 2.72 bits per heavy atom. The summed E-state index contributed by atoms with van der Waals surface area (Å²) in [5.74, 6) is 0.663. The molecule has 1 aromatic rings. The minimum Gasteiger partial charge on any atom is -0.374 e. The third-order valence-electron chi connectivity index (χ3n) is 4.16. The van der Waals surface area contributed by atoms with E-state index in [1.807, 2.05) is 6.92 Å². The monoisotopic (exact) mass is 367 g/mol. The Kier molecular flexibility index (Phi) is 8.16. The molecule has 1 aliphatic heterocycles. The minimum absolute atomic E-state index is 0.00619. The van der Waals surface area contributed by atoms with Gasteiger partial charge in [0, 0.05) is 49.4 Å². The van der Waals surface area contributed by atoms with Gasteiger partial charge >= 0.3 is 0 Å². The van der Waals surface area contributed by atoms with E-state index in [1.54, 1.807) is 24.3 Å². The van der Waals surface area contributed by atoms with Gasteiger partial charge in [-0.05, 0) is 37.1 Å². The van der Waals surface area contributed by atoms with E-state index in [-0.39, 0.29) is 18.1 Å². The van der Waals surface area contributed by atoms with Crippen molar-refractivity contribution in [2.24, 2.45) is 5.92 Å². The number of amides is 1. The number of nitrogens with zero attached hydrogens (tertiary/aromatic N) is 1. The second kappa shape index (κ2) is 10.1. The van der Waals surface area contributed by atoms with E-state index in [2.05, 4.69) is 29.4 Å². The quantitative estimate of drug-likeness (QED) is 0.741. The maximum Gasteiger partial charge on any atom is 0.225 e. The largest absolute Gasteiger partial charge is 0.374 e. The van der Waals surface area contributed by atoms with Gasteiger partial charge in [-0.15, -0.1) is 0 Å². The Balaban J connectivity index is 1.68. The zero-order valence-corrected chi connectivity index (χ0v) is 16.2. The number of hydrogen-bond donors (Lipinski definition) is 2. The Morgan fingerprint density at radius 2 is 2.04 bits per heavy atom.